The van der Waals surface area contributed by atoms with Crippen LogP contribution in [0, 0.1) is 26.2 Å². The van der Waals surface area contributed by atoms with E-state index in [-0.39, 0.29) is 11.3 Å². The molecule has 2 aromatic heterocycles. The van der Waals surface area contributed by atoms with Crippen molar-refractivity contribution in [3.05, 3.63) is 59.3 Å². The van der Waals surface area contributed by atoms with Crippen LogP contribution in [-0.2, 0) is 6.54 Å². The van der Waals surface area contributed by atoms with Crippen molar-refractivity contribution in [2.45, 2.75) is 40.2 Å². The largest absolute Gasteiger partial charge is 0.351 e. The summed E-state index contributed by atoms with van der Waals surface area (Å²) >= 11 is 0. The van der Waals surface area contributed by atoms with Crippen LogP contribution in [0.1, 0.15) is 40.0 Å². The molecule has 0 aliphatic heterocycles. The van der Waals surface area contributed by atoms with Crippen LogP contribution in [-0.4, -0.2) is 27.0 Å². The van der Waals surface area contributed by atoms with Crippen LogP contribution in [0.3, 0.4) is 0 Å². The Morgan fingerprint density at radius 2 is 2.08 bits per heavy atom. The van der Waals surface area contributed by atoms with Crippen LogP contribution in [0.2, 0.25) is 0 Å². The van der Waals surface area contributed by atoms with E-state index in [1.54, 1.807) is 6.20 Å². The molecule has 0 spiro atoms. The lowest BCUT2D eigenvalue weighted by Crippen LogP contribution is -2.33. The van der Waals surface area contributed by atoms with E-state index in [2.05, 4.69) is 25.9 Å². The van der Waals surface area contributed by atoms with E-state index in [4.69, 9.17) is 0 Å². The third-order valence-corrected chi connectivity index (χ3v) is 5.51. The van der Waals surface area contributed by atoms with Gasteiger partial charge in [0.15, 0.2) is 0 Å². The molecular weight excluding hydrogens is 324 g/mol. The van der Waals surface area contributed by atoms with Gasteiger partial charge in [0.2, 0.25) is 0 Å². The molecule has 134 valence electrons. The van der Waals surface area contributed by atoms with Crippen molar-refractivity contribution in [1.82, 2.24) is 19.9 Å². The lowest BCUT2D eigenvalue weighted by molar-refractivity contribution is 0.0944. The number of carbonyl (C=O) groups excluding carboxylic acids is 1. The minimum atomic E-state index is 0.000469. The zero-order valence-corrected chi connectivity index (χ0v) is 15.5. The second-order valence-corrected chi connectivity index (χ2v) is 7.64. The average Bonchev–Trinajstić information content (AvgIpc) is 3.18. The maximum absolute atomic E-state index is 13.1. The Labute approximate surface area is 153 Å². The highest BCUT2D eigenvalue weighted by Gasteiger charge is 2.43. The Balaban J connectivity index is 1.58. The van der Waals surface area contributed by atoms with Crippen LogP contribution >= 0.6 is 0 Å². The predicted octanol–water partition coefficient (Wildman–Crippen LogP) is 3.57. The summed E-state index contributed by atoms with van der Waals surface area (Å²) < 4.78 is 2.10. The molecule has 0 saturated heterocycles. The minimum Gasteiger partial charge on any atom is -0.351 e. The molecule has 26 heavy (non-hydrogen) atoms. The normalized spacial score (nSPS) is 15.2. The first kappa shape index (κ1) is 16.8. The first-order chi connectivity index (χ1) is 12.5. The third-order valence-electron chi connectivity index (χ3n) is 5.51. The second-order valence-electron chi connectivity index (χ2n) is 7.64. The van der Waals surface area contributed by atoms with Crippen LogP contribution in [0.5, 0.6) is 0 Å². The average molecular weight is 348 g/mol. The fraction of sp³-hybridized carbons (Fsp3) is 0.381. The maximum Gasteiger partial charge on any atom is 0.252 e. The van der Waals surface area contributed by atoms with Gasteiger partial charge in [-0.05, 0) is 51.3 Å². The molecule has 5 nitrogen and oxygen atoms in total. The molecule has 0 unspecified atom stereocenters. The third kappa shape index (κ3) is 3.09. The monoisotopic (exact) mass is 348 g/mol. The Morgan fingerprint density at radius 1 is 1.27 bits per heavy atom. The summed E-state index contributed by atoms with van der Waals surface area (Å²) in [5.41, 5.74) is 4.80. The standard InChI is InChI=1S/C21H24N4O/c1-14-4-5-18-17(10-14)19(15(2)16(3)24-18)20(26)23-11-21(6-7-21)12-25-9-8-22-13-25/h4-5,8-10,13H,6-7,11-12H2,1-3H3,(H,23,26). The molecule has 0 radical (unpaired) electrons. The summed E-state index contributed by atoms with van der Waals surface area (Å²) in [6.07, 6.45) is 7.90. The molecule has 0 atom stereocenters. The number of pyridine rings is 1. The van der Waals surface area contributed by atoms with Gasteiger partial charge < -0.3 is 9.88 Å². The van der Waals surface area contributed by atoms with Crippen LogP contribution in [0.4, 0.5) is 0 Å². The number of fused-ring (bicyclic) bond motifs is 1. The van der Waals surface area contributed by atoms with Gasteiger partial charge in [0, 0.05) is 42.0 Å². The van der Waals surface area contributed by atoms with E-state index in [0.29, 0.717) is 6.54 Å². The number of aromatic nitrogens is 3. The van der Waals surface area contributed by atoms with Gasteiger partial charge in [-0.25, -0.2) is 4.98 Å². The van der Waals surface area contributed by atoms with Gasteiger partial charge in [0.25, 0.3) is 5.91 Å². The summed E-state index contributed by atoms with van der Waals surface area (Å²) in [5, 5.41) is 4.13. The van der Waals surface area contributed by atoms with Gasteiger partial charge in [-0.15, -0.1) is 0 Å². The Bertz CT molecular complexity index is 971. The van der Waals surface area contributed by atoms with E-state index < -0.39 is 0 Å². The van der Waals surface area contributed by atoms with Gasteiger partial charge in [-0.3, -0.25) is 9.78 Å². The van der Waals surface area contributed by atoms with Crippen LogP contribution in [0.15, 0.2) is 36.9 Å². The highest BCUT2D eigenvalue weighted by Crippen LogP contribution is 2.46. The number of benzene rings is 1. The van der Waals surface area contributed by atoms with Crippen LogP contribution in [0.25, 0.3) is 10.9 Å². The van der Waals surface area contributed by atoms with Crippen molar-refractivity contribution in [1.29, 1.82) is 0 Å². The number of nitrogens with zero attached hydrogens (tertiary/aromatic N) is 3. The number of aryl methyl sites for hydroxylation is 2. The van der Waals surface area contributed by atoms with Crippen molar-refractivity contribution in [3.63, 3.8) is 0 Å². The lowest BCUT2D eigenvalue weighted by Gasteiger charge is -2.18. The number of imidazole rings is 1. The highest BCUT2D eigenvalue weighted by atomic mass is 16.1. The smallest absolute Gasteiger partial charge is 0.252 e. The second kappa shape index (κ2) is 6.24. The van der Waals surface area contributed by atoms with E-state index in [0.717, 1.165) is 52.7 Å². The molecule has 0 bridgehead atoms. The SMILES string of the molecule is Cc1ccc2nc(C)c(C)c(C(=O)NCC3(Cn4ccnc4)CC3)c2c1. The fourth-order valence-electron chi connectivity index (χ4n) is 3.58. The Morgan fingerprint density at radius 3 is 2.77 bits per heavy atom. The van der Waals surface area contributed by atoms with Crippen molar-refractivity contribution < 1.29 is 4.79 Å². The summed E-state index contributed by atoms with van der Waals surface area (Å²) in [6, 6.07) is 6.09. The number of nitrogens with one attached hydrogen (secondary N) is 1. The molecule has 1 aliphatic carbocycles. The maximum atomic E-state index is 13.1. The summed E-state index contributed by atoms with van der Waals surface area (Å²) in [6.45, 7) is 7.59. The Kier molecular flexibility index (Phi) is 4.02. The van der Waals surface area contributed by atoms with Gasteiger partial charge >= 0.3 is 0 Å². The van der Waals surface area contributed by atoms with Gasteiger partial charge in [0.05, 0.1) is 17.4 Å². The first-order valence-corrected chi connectivity index (χ1v) is 9.09. The lowest BCUT2D eigenvalue weighted by atomic mass is 9.99. The van der Waals surface area contributed by atoms with Crippen molar-refractivity contribution >= 4 is 16.8 Å². The van der Waals surface area contributed by atoms with Crippen molar-refractivity contribution in [2.75, 3.05) is 6.54 Å². The molecule has 1 N–H and O–H groups in total. The molecule has 1 amide bonds. The number of carbonyl (C=O) groups is 1. The van der Waals surface area contributed by atoms with E-state index in [1.807, 2.05) is 45.4 Å². The van der Waals surface area contributed by atoms with Gasteiger partial charge in [0.1, 0.15) is 0 Å². The summed E-state index contributed by atoms with van der Waals surface area (Å²) in [7, 11) is 0. The van der Waals surface area contributed by atoms with E-state index in [1.165, 1.54) is 0 Å². The van der Waals surface area contributed by atoms with Crippen molar-refractivity contribution in [3.8, 4) is 0 Å². The topological polar surface area (TPSA) is 59.8 Å². The zero-order valence-electron chi connectivity index (χ0n) is 15.5. The highest BCUT2D eigenvalue weighted by molar-refractivity contribution is 6.07. The molecular formula is C21H24N4O. The number of hydrogen-bond donors (Lipinski definition) is 1. The molecule has 1 aromatic carbocycles. The Hall–Kier alpha value is -2.69. The molecule has 4 rings (SSSR count). The van der Waals surface area contributed by atoms with Crippen LogP contribution < -0.4 is 5.32 Å². The summed E-state index contributed by atoms with van der Waals surface area (Å²) in [5.74, 6) is 0.000469. The van der Waals surface area contributed by atoms with Crippen molar-refractivity contribution in [2.24, 2.45) is 5.41 Å². The molecule has 1 fully saturated rings. The minimum absolute atomic E-state index is 0.000469. The number of amides is 1. The number of rotatable bonds is 5. The summed E-state index contributed by atoms with van der Waals surface area (Å²) in [4.78, 5) is 21.8. The van der Waals surface area contributed by atoms with Gasteiger partial charge in [-0.1, -0.05) is 11.6 Å². The quantitative estimate of drug-likeness (QED) is 0.767. The zero-order chi connectivity index (χ0) is 18.3. The molecule has 1 aliphatic rings. The molecule has 3 aromatic rings. The predicted molar refractivity (Wildman–Crippen MR) is 102 cm³/mol. The fourth-order valence-corrected chi connectivity index (χ4v) is 3.58. The first-order valence-electron chi connectivity index (χ1n) is 9.09. The molecule has 1 saturated carbocycles. The number of hydrogen-bond acceptors (Lipinski definition) is 3. The molecule has 5 heteroatoms. The van der Waals surface area contributed by atoms with Gasteiger partial charge in [-0.2, -0.15) is 0 Å². The van der Waals surface area contributed by atoms with E-state index in [9.17, 15) is 4.79 Å². The van der Waals surface area contributed by atoms with E-state index >= 15 is 0 Å². The molecule has 2 heterocycles.